The van der Waals surface area contributed by atoms with E-state index >= 15 is 0 Å². The summed E-state index contributed by atoms with van der Waals surface area (Å²) in [5, 5.41) is 13.7. The normalized spacial score (nSPS) is 17.4. The predicted octanol–water partition coefficient (Wildman–Crippen LogP) is 4.76. The summed E-state index contributed by atoms with van der Waals surface area (Å²) >= 11 is 0. The van der Waals surface area contributed by atoms with Crippen LogP contribution in [0.3, 0.4) is 0 Å². The number of halogens is 3. The zero-order valence-electron chi connectivity index (χ0n) is 14.5. The van der Waals surface area contributed by atoms with E-state index in [1.54, 1.807) is 0 Å². The van der Waals surface area contributed by atoms with E-state index in [2.05, 4.69) is 15.5 Å². The number of anilines is 1. The van der Waals surface area contributed by atoms with Gasteiger partial charge < -0.3 is 10.1 Å². The van der Waals surface area contributed by atoms with Crippen LogP contribution in [0.25, 0.3) is 22.0 Å². The van der Waals surface area contributed by atoms with E-state index < -0.39 is 11.7 Å². The van der Waals surface area contributed by atoms with Gasteiger partial charge in [-0.05, 0) is 18.6 Å². The first kappa shape index (κ1) is 17.7. The van der Waals surface area contributed by atoms with Crippen LogP contribution in [0.4, 0.5) is 19.0 Å². The van der Waals surface area contributed by atoms with E-state index in [-0.39, 0.29) is 0 Å². The molecule has 1 N–H and O–H groups in total. The van der Waals surface area contributed by atoms with Crippen LogP contribution in [-0.2, 0) is 10.9 Å². The van der Waals surface area contributed by atoms with Gasteiger partial charge in [0.05, 0.1) is 12.2 Å². The lowest BCUT2D eigenvalue weighted by Crippen LogP contribution is -2.15. The molecule has 0 saturated carbocycles. The van der Waals surface area contributed by atoms with E-state index in [9.17, 15) is 13.2 Å². The van der Waals surface area contributed by atoms with Gasteiger partial charge in [-0.1, -0.05) is 36.4 Å². The van der Waals surface area contributed by atoms with Crippen molar-refractivity contribution in [1.29, 1.82) is 0 Å². The summed E-state index contributed by atoms with van der Waals surface area (Å²) in [6, 6.07) is 12.6. The van der Waals surface area contributed by atoms with Gasteiger partial charge in [0, 0.05) is 35.4 Å². The van der Waals surface area contributed by atoms with Crippen LogP contribution in [0.15, 0.2) is 48.5 Å². The zero-order chi connectivity index (χ0) is 18.9. The van der Waals surface area contributed by atoms with Crippen LogP contribution in [0, 0.1) is 5.92 Å². The van der Waals surface area contributed by atoms with Gasteiger partial charge in [0.15, 0.2) is 5.82 Å². The minimum Gasteiger partial charge on any atom is -0.381 e. The molecule has 27 heavy (non-hydrogen) atoms. The van der Waals surface area contributed by atoms with Gasteiger partial charge in [-0.2, -0.15) is 13.2 Å². The maximum Gasteiger partial charge on any atom is 0.416 e. The molecule has 2 aromatic carbocycles. The number of ether oxygens (including phenoxy) is 1. The largest absolute Gasteiger partial charge is 0.416 e. The molecule has 1 fully saturated rings. The molecule has 1 aromatic heterocycles. The Morgan fingerprint density at radius 3 is 2.41 bits per heavy atom. The topological polar surface area (TPSA) is 47.0 Å². The number of nitrogens with zero attached hydrogens (tertiary/aromatic N) is 2. The van der Waals surface area contributed by atoms with Crippen molar-refractivity contribution in [3.8, 4) is 11.3 Å². The number of hydrogen-bond acceptors (Lipinski definition) is 4. The number of hydrogen-bond donors (Lipinski definition) is 1. The highest BCUT2D eigenvalue weighted by Gasteiger charge is 2.30. The fourth-order valence-corrected chi connectivity index (χ4v) is 3.25. The van der Waals surface area contributed by atoms with Crippen LogP contribution in [0.5, 0.6) is 0 Å². The standard InChI is InChI=1S/C20H18F3N3O/c21-20(22,23)15-7-5-14(6-8-15)18-16-3-1-2-4-17(16)19(26-25-18)24-11-13-9-10-27-12-13/h1-8,13H,9-12H2,(H,24,26). The van der Waals surface area contributed by atoms with E-state index in [1.807, 2.05) is 24.3 Å². The molecule has 4 nitrogen and oxygen atoms in total. The van der Waals surface area contributed by atoms with Crippen molar-refractivity contribution in [3.63, 3.8) is 0 Å². The Morgan fingerprint density at radius 1 is 1.00 bits per heavy atom. The van der Waals surface area contributed by atoms with Crippen molar-refractivity contribution in [1.82, 2.24) is 10.2 Å². The lowest BCUT2D eigenvalue weighted by atomic mass is 10.0. The van der Waals surface area contributed by atoms with E-state index in [4.69, 9.17) is 4.74 Å². The van der Waals surface area contributed by atoms with Gasteiger partial charge in [0.2, 0.25) is 0 Å². The summed E-state index contributed by atoms with van der Waals surface area (Å²) in [6.45, 7) is 2.27. The van der Waals surface area contributed by atoms with Crippen LogP contribution < -0.4 is 5.32 Å². The minimum absolute atomic E-state index is 0.445. The number of fused-ring (bicyclic) bond motifs is 1. The minimum atomic E-state index is -4.36. The van der Waals surface area contributed by atoms with Crippen LogP contribution in [0.2, 0.25) is 0 Å². The highest BCUT2D eigenvalue weighted by molar-refractivity contribution is 6.00. The summed E-state index contributed by atoms with van der Waals surface area (Å²) in [4.78, 5) is 0. The van der Waals surface area contributed by atoms with Crippen LogP contribution >= 0.6 is 0 Å². The second kappa shape index (κ2) is 7.15. The van der Waals surface area contributed by atoms with Gasteiger partial charge in [-0.15, -0.1) is 10.2 Å². The first-order valence-electron chi connectivity index (χ1n) is 8.77. The Balaban J connectivity index is 1.67. The van der Waals surface area contributed by atoms with Crippen LogP contribution in [-0.4, -0.2) is 30.0 Å². The van der Waals surface area contributed by atoms with Crippen molar-refractivity contribution in [2.24, 2.45) is 5.92 Å². The maximum atomic E-state index is 12.8. The number of alkyl halides is 3. The molecular weight excluding hydrogens is 355 g/mol. The molecule has 1 aliphatic heterocycles. The van der Waals surface area contributed by atoms with Crippen molar-refractivity contribution in [3.05, 3.63) is 54.1 Å². The molecule has 0 bridgehead atoms. The number of nitrogens with one attached hydrogen (secondary N) is 1. The summed E-state index contributed by atoms with van der Waals surface area (Å²) < 4.78 is 43.8. The number of aromatic nitrogens is 2. The summed E-state index contributed by atoms with van der Waals surface area (Å²) in [5.74, 6) is 1.12. The SMILES string of the molecule is FC(F)(F)c1ccc(-c2nnc(NCC3CCOC3)c3ccccc23)cc1. The molecule has 4 rings (SSSR count). The van der Waals surface area contributed by atoms with Gasteiger partial charge in [-0.25, -0.2) is 0 Å². The van der Waals surface area contributed by atoms with E-state index in [0.717, 1.165) is 49.1 Å². The monoisotopic (exact) mass is 373 g/mol. The molecule has 0 amide bonds. The molecule has 1 atom stereocenters. The van der Waals surface area contributed by atoms with Gasteiger partial charge >= 0.3 is 6.18 Å². The summed E-state index contributed by atoms with van der Waals surface area (Å²) in [6.07, 6.45) is -3.34. The Kier molecular flexibility index (Phi) is 4.70. The quantitative estimate of drug-likeness (QED) is 0.716. The van der Waals surface area contributed by atoms with Crippen molar-refractivity contribution in [2.75, 3.05) is 25.1 Å². The molecule has 2 heterocycles. The summed E-state index contributed by atoms with van der Waals surface area (Å²) in [5.41, 5.74) is 0.483. The Labute approximate surface area is 154 Å². The van der Waals surface area contributed by atoms with Gasteiger partial charge in [-0.3, -0.25) is 0 Å². The van der Waals surface area contributed by atoms with Crippen molar-refractivity contribution >= 4 is 16.6 Å². The van der Waals surface area contributed by atoms with E-state index in [0.29, 0.717) is 23.0 Å². The molecule has 3 aromatic rings. The molecule has 140 valence electrons. The fourth-order valence-electron chi connectivity index (χ4n) is 3.25. The third kappa shape index (κ3) is 3.73. The zero-order valence-corrected chi connectivity index (χ0v) is 14.5. The molecule has 0 aliphatic carbocycles. The van der Waals surface area contributed by atoms with Gasteiger partial charge in [0.25, 0.3) is 0 Å². The Morgan fingerprint density at radius 2 is 1.74 bits per heavy atom. The summed E-state index contributed by atoms with van der Waals surface area (Å²) in [7, 11) is 0. The van der Waals surface area contributed by atoms with Crippen molar-refractivity contribution < 1.29 is 17.9 Å². The van der Waals surface area contributed by atoms with Crippen molar-refractivity contribution in [2.45, 2.75) is 12.6 Å². The first-order valence-corrected chi connectivity index (χ1v) is 8.77. The Bertz CT molecular complexity index is 935. The lowest BCUT2D eigenvalue weighted by molar-refractivity contribution is -0.137. The molecule has 7 heteroatoms. The number of benzene rings is 2. The highest BCUT2D eigenvalue weighted by atomic mass is 19.4. The molecule has 1 aliphatic rings. The molecule has 0 spiro atoms. The molecule has 1 unspecified atom stereocenters. The fraction of sp³-hybridized carbons (Fsp3) is 0.300. The Hall–Kier alpha value is -2.67. The predicted molar refractivity (Wildman–Crippen MR) is 97.4 cm³/mol. The average molecular weight is 373 g/mol. The second-order valence-electron chi connectivity index (χ2n) is 6.63. The van der Waals surface area contributed by atoms with Crippen LogP contribution in [0.1, 0.15) is 12.0 Å². The lowest BCUT2D eigenvalue weighted by Gasteiger charge is -2.13. The maximum absolute atomic E-state index is 12.8. The average Bonchev–Trinajstić information content (AvgIpc) is 3.19. The third-order valence-electron chi connectivity index (χ3n) is 4.76. The molecular formula is C20H18F3N3O. The molecule has 1 saturated heterocycles. The number of rotatable bonds is 4. The first-order chi connectivity index (χ1) is 13.0. The third-order valence-corrected chi connectivity index (χ3v) is 4.76. The molecule has 0 radical (unpaired) electrons. The highest BCUT2D eigenvalue weighted by Crippen LogP contribution is 2.33. The van der Waals surface area contributed by atoms with E-state index in [1.165, 1.54) is 12.1 Å². The van der Waals surface area contributed by atoms with Gasteiger partial charge in [0.1, 0.15) is 5.69 Å². The smallest absolute Gasteiger partial charge is 0.381 e. The second-order valence-corrected chi connectivity index (χ2v) is 6.63.